The maximum atomic E-state index is 3.54. The molecule has 86 valence electrons. The summed E-state index contributed by atoms with van der Waals surface area (Å²) in [6, 6.07) is 13.2. The van der Waals surface area contributed by atoms with E-state index in [1.165, 1.54) is 33.6 Å². The van der Waals surface area contributed by atoms with Crippen molar-refractivity contribution in [2.45, 2.75) is 26.7 Å². The third kappa shape index (κ3) is 1.54. The number of benzene rings is 2. The molecular weight excluding hydrogens is 206 g/mol. The van der Waals surface area contributed by atoms with Crippen LogP contribution in [-0.2, 0) is 0 Å². The average molecular weight is 223 g/mol. The van der Waals surface area contributed by atoms with Crippen LogP contribution in [0.4, 0.5) is 11.4 Å². The van der Waals surface area contributed by atoms with Gasteiger partial charge in [-0.05, 0) is 48.2 Å². The summed E-state index contributed by atoms with van der Waals surface area (Å²) >= 11 is 0. The Morgan fingerprint density at radius 3 is 2.41 bits per heavy atom. The molecule has 2 aromatic carbocycles. The van der Waals surface area contributed by atoms with Gasteiger partial charge in [-0.2, -0.15) is 0 Å². The number of anilines is 2. The van der Waals surface area contributed by atoms with Gasteiger partial charge in [0.1, 0.15) is 0 Å². The quantitative estimate of drug-likeness (QED) is 0.692. The number of aryl methyl sites for hydroxylation is 2. The molecule has 1 atom stereocenters. The lowest BCUT2D eigenvalue weighted by Gasteiger charge is -2.28. The second-order valence-corrected chi connectivity index (χ2v) is 4.96. The molecule has 1 aliphatic heterocycles. The van der Waals surface area contributed by atoms with Gasteiger partial charge >= 0.3 is 0 Å². The molecule has 0 amide bonds. The highest BCUT2D eigenvalue weighted by Gasteiger charge is 2.21. The van der Waals surface area contributed by atoms with E-state index in [9.17, 15) is 0 Å². The van der Waals surface area contributed by atoms with Crippen LogP contribution in [0.3, 0.4) is 0 Å². The summed E-state index contributed by atoms with van der Waals surface area (Å²) in [5, 5.41) is 3.54. The largest absolute Gasteiger partial charge is 0.355 e. The van der Waals surface area contributed by atoms with Crippen molar-refractivity contribution in [1.82, 2.24) is 0 Å². The monoisotopic (exact) mass is 223 g/mol. The van der Waals surface area contributed by atoms with Crippen molar-refractivity contribution in [3.8, 4) is 0 Å². The molecule has 0 fully saturated rings. The van der Waals surface area contributed by atoms with E-state index < -0.39 is 0 Å². The van der Waals surface area contributed by atoms with E-state index in [4.69, 9.17) is 0 Å². The molecule has 0 aromatic heterocycles. The highest BCUT2D eigenvalue weighted by molar-refractivity contribution is 5.74. The summed E-state index contributed by atoms with van der Waals surface area (Å²) in [6.45, 7) is 6.64. The van der Waals surface area contributed by atoms with Crippen molar-refractivity contribution in [2.24, 2.45) is 0 Å². The van der Waals surface area contributed by atoms with Crippen LogP contribution in [0.15, 0.2) is 36.4 Å². The molecular formula is C16H17N. The Labute approximate surface area is 102 Å². The molecule has 0 radical (unpaired) electrons. The molecule has 1 heterocycles. The molecule has 1 heteroatoms. The van der Waals surface area contributed by atoms with E-state index in [0.717, 1.165) is 0 Å². The molecule has 0 bridgehead atoms. The van der Waals surface area contributed by atoms with Crippen molar-refractivity contribution >= 4 is 11.4 Å². The Hall–Kier alpha value is -1.76. The fourth-order valence-corrected chi connectivity index (χ4v) is 2.61. The third-order valence-corrected chi connectivity index (χ3v) is 3.83. The summed E-state index contributed by atoms with van der Waals surface area (Å²) in [4.78, 5) is 0. The second kappa shape index (κ2) is 3.63. The minimum Gasteiger partial charge on any atom is -0.355 e. The van der Waals surface area contributed by atoms with E-state index in [-0.39, 0.29) is 0 Å². The average Bonchev–Trinajstić information content (AvgIpc) is 2.32. The third-order valence-electron chi connectivity index (χ3n) is 3.83. The Kier molecular flexibility index (Phi) is 2.22. The number of hydrogen-bond donors (Lipinski definition) is 1. The van der Waals surface area contributed by atoms with Crippen LogP contribution in [-0.4, -0.2) is 0 Å². The standard InChI is InChI=1S/C16H17N/c1-10-8-14-12(3)13-6-4-5-7-15(13)17-16(14)9-11(10)2/h4-9,12,17H,1-3H3/t12-/m0/s1. The molecule has 1 aliphatic rings. The van der Waals surface area contributed by atoms with Gasteiger partial charge in [0.15, 0.2) is 0 Å². The van der Waals surface area contributed by atoms with Crippen LogP contribution in [0, 0.1) is 13.8 Å². The van der Waals surface area contributed by atoms with Crippen LogP contribution >= 0.6 is 0 Å². The summed E-state index contributed by atoms with van der Waals surface area (Å²) < 4.78 is 0. The first-order chi connectivity index (χ1) is 8.16. The molecule has 0 aliphatic carbocycles. The lowest BCUT2D eigenvalue weighted by Crippen LogP contribution is -2.11. The first-order valence-electron chi connectivity index (χ1n) is 6.14. The van der Waals surface area contributed by atoms with Crippen molar-refractivity contribution in [2.75, 3.05) is 5.32 Å². The van der Waals surface area contributed by atoms with Gasteiger partial charge in [-0.15, -0.1) is 0 Å². The zero-order valence-electron chi connectivity index (χ0n) is 10.5. The number of rotatable bonds is 0. The minimum atomic E-state index is 0.474. The Balaban J connectivity index is 2.20. The molecule has 17 heavy (non-hydrogen) atoms. The van der Waals surface area contributed by atoms with Gasteiger partial charge in [0, 0.05) is 17.3 Å². The Morgan fingerprint density at radius 1 is 0.882 bits per heavy atom. The minimum absolute atomic E-state index is 0.474. The number of nitrogens with one attached hydrogen (secondary N) is 1. The smallest absolute Gasteiger partial charge is 0.0425 e. The maximum absolute atomic E-state index is 3.54. The molecule has 0 saturated carbocycles. The zero-order valence-corrected chi connectivity index (χ0v) is 10.5. The fraction of sp³-hybridized carbons (Fsp3) is 0.250. The van der Waals surface area contributed by atoms with E-state index in [1.807, 2.05) is 0 Å². The number of para-hydroxylation sites is 1. The van der Waals surface area contributed by atoms with Gasteiger partial charge in [0.2, 0.25) is 0 Å². The molecule has 1 N–H and O–H groups in total. The van der Waals surface area contributed by atoms with E-state index in [1.54, 1.807) is 0 Å². The van der Waals surface area contributed by atoms with Crippen LogP contribution in [0.2, 0.25) is 0 Å². The van der Waals surface area contributed by atoms with Crippen molar-refractivity contribution < 1.29 is 0 Å². The van der Waals surface area contributed by atoms with E-state index in [0.29, 0.717) is 5.92 Å². The summed E-state index contributed by atoms with van der Waals surface area (Å²) in [7, 11) is 0. The predicted molar refractivity (Wildman–Crippen MR) is 73.2 cm³/mol. The van der Waals surface area contributed by atoms with E-state index in [2.05, 4.69) is 62.5 Å². The highest BCUT2D eigenvalue weighted by atomic mass is 14.9. The first-order valence-corrected chi connectivity index (χ1v) is 6.14. The van der Waals surface area contributed by atoms with Gasteiger partial charge in [-0.25, -0.2) is 0 Å². The van der Waals surface area contributed by atoms with Gasteiger partial charge < -0.3 is 5.32 Å². The van der Waals surface area contributed by atoms with Gasteiger partial charge in [-0.1, -0.05) is 31.2 Å². The fourth-order valence-electron chi connectivity index (χ4n) is 2.61. The zero-order chi connectivity index (χ0) is 12.0. The molecule has 3 rings (SSSR count). The lowest BCUT2D eigenvalue weighted by molar-refractivity contribution is 0.908. The van der Waals surface area contributed by atoms with E-state index >= 15 is 0 Å². The molecule has 0 spiro atoms. The lowest BCUT2D eigenvalue weighted by atomic mass is 9.86. The van der Waals surface area contributed by atoms with Crippen LogP contribution in [0.5, 0.6) is 0 Å². The molecule has 0 saturated heterocycles. The highest BCUT2D eigenvalue weighted by Crippen LogP contribution is 2.41. The van der Waals surface area contributed by atoms with Gasteiger partial charge in [0.25, 0.3) is 0 Å². The summed E-state index contributed by atoms with van der Waals surface area (Å²) in [5.41, 5.74) is 8.03. The molecule has 0 unspecified atom stereocenters. The first kappa shape index (κ1) is 10.4. The normalized spacial score (nSPS) is 17.0. The van der Waals surface area contributed by atoms with Crippen LogP contribution < -0.4 is 5.32 Å². The Bertz CT molecular complexity index is 584. The summed E-state index contributed by atoms with van der Waals surface area (Å²) in [5.74, 6) is 0.474. The molecule has 2 aromatic rings. The van der Waals surface area contributed by atoms with Gasteiger partial charge in [-0.3, -0.25) is 0 Å². The van der Waals surface area contributed by atoms with Crippen molar-refractivity contribution in [1.29, 1.82) is 0 Å². The maximum Gasteiger partial charge on any atom is 0.0425 e. The number of hydrogen-bond acceptors (Lipinski definition) is 1. The topological polar surface area (TPSA) is 12.0 Å². The van der Waals surface area contributed by atoms with Crippen molar-refractivity contribution in [3.63, 3.8) is 0 Å². The summed E-state index contributed by atoms with van der Waals surface area (Å²) in [6.07, 6.45) is 0. The van der Waals surface area contributed by atoms with Crippen molar-refractivity contribution in [3.05, 3.63) is 58.7 Å². The SMILES string of the molecule is Cc1cc2c(cc1C)[C@@H](C)c1ccccc1N2. The molecule has 1 nitrogen and oxygen atoms in total. The number of fused-ring (bicyclic) bond motifs is 2. The van der Waals surface area contributed by atoms with Crippen LogP contribution in [0.1, 0.15) is 35.1 Å². The Morgan fingerprint density at radius 2 is 1.59 bits per heavy atom. The second-order valence-electron chi connectivity index (χ2n) is 4.96. The van der Waals surface area contributed by atoms with Gasteiger partial charge in [0.05, 0.1) is 0 Å². The predicted octanol–water partition coefficient (Wildman–Crippen LogP) is 4.51. The van der Waals surface area contributed by atoms with Crippen LogP contribution in [0.25, 0.3) is 0 Å².